The van der Waals surface area contributed by atoms with Crippen molar-refractivity contribution in [3.63, 3.8) is 0 Å². The van der Waals surface area contributed by atoms with E-state index in [1.165, 1.54) is 18.2 Å². The number of hydrogen-bond acceptors (Lipinski definition) is 14. The van der Waals surface area contributed by atoms with E-state index in [2.05, 4.69) is 40.5 Å². The molecule has 0 saturated carbocycles. The van der Waals surface area contributed by atoms with E-state index < -0.39 is 0 Å². The highest BCUT2D eigenvalue weighted by Gasteiger charge is 2.36. The number of carbonyl (C=O) groups excluding carboxylic acids is 3. The molecule has 16 nitrogen and oxygen atoms in total. The van der Waals surface area contributed by atoms with E-state index in [4.69, 9.17) is 42.9 Å². The Bertz CT molecular complexity index is 2780. The lowest BCUT2D eigenvalue weighted by molar-refractivity contribution is -0.140. The number of nitrogens with one attached hydrogen (secondary N) is 1. The summed E-state index contributed by atoms with van der Waals surface area (Å²) < 4.78 is 46.6. The van der Waals surface area contributed by atoms with Gasteiger partial charge < -0.3 is 57.9 Å². The fraction of sp³-hybridized carbons (Fsp3) is 0.393. The molecule has 0 fully saturated rings. The lowest BCUT2D eigenvalue weighted by atomic mass is 9.94. The Labute approximate surface area is 420 Å². The van der Waals surface area contributed by atoms with Crippen LogP contribution in [0.3, 0.4) is 0 Å². The van der Waals surface area contributed by atoms with Gasteiger partial charge in [0.05, 0.1) is 88.9 Å². The molecule has 378 valence electrons. The van der Waals surface area contributed by atoms with Crippen molar-refractivity contribution in [3.05, 3.63) is 136 Å². The first-order valence-electron chi connectivity index (χ1n) is 24.6. The van der Waals surface area contributed by atoms with Crippen LogP contribution in [0.2, 0.25) is 0 Å². The van der Waals surface area contributed by atoms with Crippen LogP contribution in [0.15, 0.2) is 96.0 Å². The van der Waals surface area contributed by atoms with Crippen LogP contribution < -0.4 is 29.2 Å². The standard InChI is InChI=1S/C56H63N5O11/c1-65-18-19-70-21-20-69-17-16-59(15-9-14-54(62)68-4)43-23-37(35-71-52-29-48-46(27-50(52)66-2)55(63)60-33-41-12-7-5-10-39(41)25-44(60)31-57-48)22-38(24-43)36-72-53-30-49-47(28-51(53)67-3)56(64)61-34-42-13-8-6-11-40(42)26-45(61)32-58-49/h5-8,10-13,22-24,27-31,44-45,58H,9,14-21,25-26,32-36H2,1-4H3/t44-,45-/m0/s1. The largest absolute Gasteiger partial charge is 0.493 e. The van der Waals surface area contributed by atoms with Crippen molar-refractivity contribution >= 4 is 41.1 Å². The molecule has 0 bridgehead atoms. The van der Waals surface area contributed by atoms with Crippen molar-refractivity contribution in [1.82, 2.24) is 9.80 Å². The van der Waals surface area contributed by atoms with Gasteiger partial charge in [-0.15, -0.1) is 0 Å². The van der Waals surface area contributed by atoms with Gasteiger partial charge in [-0.3, -0.25) is 19.4 Å². The second-order valence-corrected chi connectivity index (χ2v) is 18.2. The van der Waals surface area contributed by atoms with E-state index >= 15 is 0 Å². The first-order valence-corrected chi connectivity index (χ1v) is 24.6. The van der Waals surface area contributed by atoms with Gasteiger partial charge in [-0.25, -0.2) is 0 Å². The average molecular weight is 982 g/mol. The number of carbonyl (C=O) groups is 3. The fourth-order valence-corrected chi connectivity index (χ4v) is 9.81. The number of methoxy groups -OCH3 is 4. The summed E-state index contributed by atoms with van der Waals surface area (Å²) >= 11 is 0. The highest BCUT2D eigenvalue weighted by Crippen LogP contribution is 2.41. The molecule has 4 aliphatic heterocycles. The van der Waals surface area contributed by atoms with Crippen LogP contribution in [-0.4, -0.2) is 127 Å². The molecule has 4 aliphatic rings. The second-order valence-electron chi connectivity index (χ2n) is 18.2. The predicted molar refractivity (Wildman–Crippen MR) is 272 cm³/mol. The fourth-order valence-electron chi connectivity index (χ4n) is 9.81. The number of rotatable bonds is 22. The number of amides is 2. The van der Waals surface area contributed by atoms with Gasteiger partial charge in [0, 0.05) is 70.3 Å². The second kappa shape index (κ2) is 23.4. The molecule has 72 heavy (non-hydrogen) atoms. The van der Waals surface area contributed by atoms with Crippen molar-refractivity contribution in [2.45, 2.75) is 64.1 Å². The number of esters is 1. The molecule has 2 amide bonds. The first-order chi connectivity index (χ1) is 35.2. The Morgan fingerprint density at radius 3 is 1.96 bits per heavy atom. The molecule has 4 heterocycles. The molecule has 5 aromatic rings. The molecular weight excluding hydrogens is 919 g/mol. The van der Waals surface area contributed by atoms with Gasteiger partial charge in [0.15, 0.2) is 23.0 Å². The number of anilines is 2. The zero-order chi connectivity index (χ0) is 50.0. The number of aliphatic imine (C=N–C) groups is 1. The van der Waals surface area contributed by atoms with Crippen LogP contribution in [0.1, 0.15) is 66.9 Å². The Kier molecular flexibility index (Phi) is 16.2. The van der Waals surface area contributed by atoms with Crippen LogP contribution >= 0.6 is 0 Å². The molecule has 0 radical (unpaired) electrons. The summed E-state index contributed by atoms with van der Waals surface area (Å²) in [5, 5.41) is 3.55. The average Bonchev–Trinajstić information content (AvgIpc) is 3.62. The summed E-state index contributed by atoms with van der Waals surface area (Å²) in [7, 11) is 6.15. The van der Waals surface area contributed by atoms with E-state index in [0.29, 0.717) is 124 Å². The number of ether oxygens (including phenoxy) is 8. The molecule has 0 saturated heterocycles. The Morgan fingerprint density at radius 1 is 0.667 bits per heavy atom. The van der Waals surface area contributed by atoms with Crippen molar-refractivity contribution in [1.29, 1.82) is 0 Å². The van der Waals surface area contributed by atoms with Gasteiger partial charge >= 0.3 is 5.97 Å². The lowest BCUT2D eigenvalue weighted by Gasteiger charge is -2.35. The van der Waals surface area contributed by atoms with E-state index in [1.54, 1.807) is 39.5 Å². The zero-order valence-corrected chi connectivity index (χ0v) is 41.5. The molecule has 16 heteroatoms. The Balaban J connectivity index is 0.980. The van der Waals surface area contributed by atoms with Crippen molar-refractivity contribution in [3.8, 4) is 23.0 Å². The SMILES string of the molecule is COCCOCCOCCN(CCCC(=O)OC)c1cc(COc2cc3c(cc2OC)C(=O)N2Cc4ccccc4C[C@H]2C=N3)cc(COc2cc3c(cc2OC)C(=O)N2Cc4ccccc4C[C@H]2CN3)c1. The summed E-state index contributed by atoms with van der Waals surface area (Å²) in [5.74, 6) is 1.29. The third-order valence-electron chi connectivity index (χ3n) is 13.7. The predicted octanol–water partition coefficient (Wildman–Crippen LogP) is 7.58. The van der Waals surface area contributed by atoms with Gasteiger partial charge in [-0.05, 0) is 83.0 Å². The summed E-state index contributed by atoms with van der Waals surface area (Å²) in [6.45, 7) is 5.16. The van der Waals surface area contributed by atoms with Crippen molar-refractivity contribution in [2.75, 3.05) is 91.3 Å². The van der Waals surface area contributed by atoms with Crippen molar-refractivity contribution in [2.24, 2.45) is 4.99 Å². The Morgan fingerprint density at radius 2 is 1.28 bits per heavy atom. The normalized spacial score (nSPS) is 16.4. The van der Waals surface area contributed by atoms with E-state index in [9.17, 15) is 14.4 Å². The monoisotopic (exact) mass is 981 g/mol. The molecule has 1 N–H and O–H groups in total. The summed E-state index contributed by atoms with van der Waals surface area (Å²) in [6.07, 6.45) is 4.09. The van der Waals surface area contributed by atoms with Gasteiger partial charge in [0.2, 0.25) is 0 Å². The van der Waals surface area contributed by atoms with Gasteiger partial charge in [-0.2, -0.15) is 0 Å². The number of nitrogens with zero attached hydrogens (tertiary/aromatic N) is 4. The lowest BCUT2D eigenvalue weighted by Crippen LogP contribution is -2.45. The third kappa shape index (κ3) is 11.5. The quantitative estimate of drug-likeness (QED) is 0.0535. The molecule has 0 unspecified atom stereocenters. The topological polar surface area (TPSA) is 159 Å². The van der Waals surface area contributed by atoms with Crippen LogP contribution in [-0.2, 0) is 62.9 Å². The van der Waals surface area contributed by atoms with E-state index in [-0.39, 0.29) is 49.5 Å². The minimum Gasteiger partial charge on any atom is -0.493 e. The molecule has 9 rings (SSSR count). The first kappa shape index (κ1) is 49.8. The maximum Gasteiger partial charge on any atom is 0.305 e. The minimum absolute atomic E-state index is 0.00416. The summed E-state index contributed by atoms with van der Waals surface area (Å²) in [5.41, 5.74) is 9.43. The maximum absolute atomic E-state index is 14.2. The molecule has 2 atom stereocenters. The van der Waals surface area contributed by atoms with E-state index in [1.807, 2.05) is 58.5 Å². The molecule has 0 aliphatic carbocycles. The van der Waals surface area contributed by atoms with Crippen molar-refractivity contribution < 1.29 is 52.3 Å². The summed E-state index contributed by atoms with van der Waals surface area (Å²) in [4.78, 5) is 51.4. The number of fused-ring (bicyclic) bond motifs is 6. The van der Waals surface area contributed by atoms with E-state index in [0.717, 1.165) is 34.4 Å². The van der Waals surface area contributed by atoms with Gasteiger partial charge in [0.25, 0.3) is 11.8 Å². The highest BCUT2D eigenvalue weighted by molar-refractivity contribution is 6.04. The molecule has 0 spiro atoms. The van der Waals surface area contributed by atoms with Gasteiger partial charge in [-0.1, -0.05) is 48.5 Å². The molecular formula is C56H63N5O11. The van der Waals surface area contributed by atoms with Crippen LogP contribution in [0.4, 0.5) is 17.1 Å². The Hall–Kier alpha value is -7.14. The number of hydrogen-bond donors (Lipinski definition) is 1. The van der Waals surface area contributed by atoms with Crippen LogP contribution in [0.5, 0.6) is 23.0 Å². The number of benzene rings is 5. The minimum atomic E-state index is -0.288. The molecule has 0 aromatic heterocycles. The summed E-state index contributed by atoms with van der Waals surface area (Å²) in [6, 6.07) is 29.5. The maximum atomic E-state index is 14.2. The highest BCUT2D eigenvalue weighted by atomic mass is 16.5. The molecule has 5 aromatic carbocycles. The van der Waals surface area contributed by atoms with Crippen LogP contribution in [0.25, 0.3) is 0 Å². The van der Waals surface area contributed by atoms with Gasteiger partial charge in [0.1, 0.15) is 13.2 Å². The third-order valence-corrected chi connectivity index (χ3v) is 13.7. The van der Waals surface area contributed by atoms with Crippen LogP contribution in [0, 0.1) is 0 Å². The zero-order valence-electron chi connectivity index (χ0n) is 41.5. The smallest absolute Gasteiger partial charge is 0.305 e.